The first-order valence-electron chi connectivity index (χ1n) is 12.3. The van der Waals surface area contributed by atoms with E-state index in [1.165, 1.54) is 6.07 Å². The van der Waals surface area contributed by atoms with Gasteiger partial charge in [0.15, 0.2) is 5.82 Å². The molecule has 2 N–H and O–H groups in total. The van der Waals surface area contributed by atoms with Gasteiger partial charge >= 0.3 is 0 Å². The van der Waals surface area contributed by atoms with Crippen molar-refractivity contribution in [2.45, 2.75) is 51.4 Å². The van der Waals surface area contributed by atoms with Crippen LogP contribution in [0.4, 0.5) is 15.9 Å². The highest BCUT2D eigenvalue weighted by Crippen LogP contribution is 2.26. The number of rotatable bonds is 6. The lowest BCUT2D eigenvalue weighted by molar-refractivity contribution is 0.165. The lowest BCUT2D eigenvalue weighted by atomic mass is 10.0. The fourth-order valence-corrected chi connectivity index (χ4v) is 5.24. The molecule has 7 nitrogen and oxygen atoms in total. The Balaban J connectivity index is 1.24. The zero-order chi connectivity index (χ0) is 23.5. The monoisotopic (exact) mass is 463 g/mol. The SMILES string of the molecule is C[C@@H]1CN(Cc2ccn(-c3cccnc3N3CCC(Nc4cccc(F)c4)CC3)n2)C[C@H](C)N1. The third-order valence-electron chi connectivity index (χ3n) is 6.67. The molecule has 180 valence electrons. The van der Waals surface area contributed by atoms with E-state index in [-0.39, 0.29) is 5.82 Å². The van der Waals surface area contributed by atoms with Gasteiger partial charge in [-0.25, -0.2) is 14.1 Å². The third-order valence-corrected chi connectivity index (χ3v) is 6.67. The minimum absolute atomic E-state index is 0.208. The Labute approximate surface area is 201 Å². The van der Waals surface area contributed by atoms with Crippen molar-refractivity contribution in [3.63, 3.8) is 0 Å². The largest absolute Gasteiger partial charge is 0.382 e. The molecule has 1 aromatic carbocycles. The second kappa shape index (κ2) is 10.1. The molecule has 2 saturated heterocycles. The Morgan fingerprint density at radius 2 is 1.85 bits per heavy atom. The number of anilines is 2. The van der Waals surface area contributed by atoms with E-state index in [0.29, 0.717) is 18.1 Å². The predicted octanol–water partition coefficient (Wildman–Crippen LogP) is 3.67. The number of piperazine rings is 1. The predicted molar refractivity (Wildman–Crippen MR) is 134 cm³/mol. The summed E-state index contributed by atoms with van der Waals surface area (Å²) < 4.78 is 15.5. The van der Waals surface area contributed by atoms with E-state index in [0.717, 1.165) is 68.5 Å². The van der Waals surface area contributed by atoms with Crippen LogP contribution in [0.5, 0.6) is 0 Å². The molecule has 3 aromatic rings. The first kappa shape index (κ1) is 22.8. The van der Waals surface area contributed by atoms with Gasteiger partial charge in [0.25, 0.3) is 0 Å². The topological polar surface area (TPSA) is 61.3 Å². The minimum atomic E-state index is -0.208. The van der Waals surface area contributed by atoms with E-state index in [4.69, 9.17) is 10.1 Å². The normalized spacial score (nSPS) is 22.1. The maximum atomic E-state index is 13.5. The maximum absolute atomic E-state index is 13.5. The average Bonchev–Trinajstić information content (AvgIpc) is 3.27. The van der Waals surface area contributed by atoms with Crippen LogP contribution in [0.25, 0.3) is 5.69 Å². The van der Waals surface area contributed by atoms with Crippen LogP contribution in [0.15, 0.2) is 54.9 Å². The zero-order valence-electron chi connectivity index (χ0n) is 20.0. The number of nitrogens with zero attached hydrogens (tertiary/aromatic N) is 5. The molecule has 0 amide bonds. The van der Waals surface area contributed by atoms with E-state index < -0.39 is 0 Å². The molecule has 2 aliphatic rings. The van der Waals surface area contributed by atoms with Crippen molar-refractivity contribution < 1.29 is 4.39 Å². The van der Waals surface area contributed by atoms with Gasteiger partial charge in [-0.2, -0.15) is 5.10 Å². The minimum Gasteiger partial charge on any atom is -0.382 e. The number of pyridine rings is 1. The third kappa shape index (κ3) is 5.39. The highest BCUT2D eigenvalue weighted by atomic mass is 19.1. The highest BCUT2D eigenvalue weighted by molar-refractivity contribution is 5.57. The van der Waals surface area contributed by atoms with Gasteiger partial charge in [-0.15, -0.1) is 0 Å². The van der Waals surface area contributed by atoms with Crippen LogP contribution < -0.4 is 15.5 Å². The van der Waals surface area contributed by atoms with Crippen molar-refractivity contribution in [3.05, 3.63) is 66.4 Å². The molecular formula is C26H34FN7. The number of aromatic nitrogens is 3. The number of piperidine rings is 1. The van der Waals surface area contributed by atoms with Crippen molar-refractivity contribution in [1.82, 2.24) is 25.0 Å². The molecule has 0 unspecified atom stereocenters. The summed E-state index contributed by atoms with van der Waals surface area (Å²) in [6.07, 6.45) is 5.83. The molecule has 5 rings (SSSR count). The van der Waals surface area contributed by atoms with Crippen LogP contribution in [-0.2, 0) is 6.54 Å². The smallest absolute Gasteiger partial charge is 0.154 e. The number of nitrogens with one attached hydrogen (secondary N) is 2. The summed E-state index contributed by atoms with van der Waals surface area (Å²) in [7, 11) is 0. The summed E-state index contributed by atoms with van der Waals surface area (Å²) >= 11 is 0. The van der Waals surface area contributed by atoms with Gasteiger partial charge in [-0.3, -0.25) is 4.90 Å². The van der Waals surface area contributed by atoms with Crippen molar-refractivity contribution in [3.8, 4) is 5.69 Å². The Kier molecular flexibility index (Phi) is 6.78. The van der Waals surface area contributed by atoms with E-state index in [9.17, 15) is 4.39 Å². The van der Waals surface area contributed by atoms with Crippen molar-refractivity contribution in [2.75, 3.05) is 36.4 Å². The first-order valence-corrected chi connectivity index (χ1v) is 12.3. The van der Waals surface area contributed by atoms with Gasteiger partial charge in [0.1, 0.15) is 11.5 Å². The lowest BCUT2D eigenvalue weighted by Crippen LogP contribution is -2.53. The standard InChI is InChI=1S/C26H34FN7/c1-19-16-32(17-20(2)29-19)18-24-10-14-34(31-24)25-7-4-11-28-26(25)33-12-8-22(9-13-33)30-23-6-3-5-21(27)15-23/h3-7,10-11,14-15,19-20,22,29-30H,8-9,12-13,16-18H2,1-2H3/t19-,20+. The van der Waals surface area contributed by atoms with Crippen LogP contribution in [0.3, 0.4) is 0 Å². The zero-order valence-corrected chi connectivity index (χ0v) is 20.0. The number of benzene rings is 1. The molecule has 0 radical (unpaired) electrons. The molecule has 0 saturated carbocycles. The van der Waals surface area contributed by atoms with E-state index in [1.807, 2.05) is 29.2 Å². The summed E-state index contributed by atoms with van der Waals surface area (Å²) in [5.74, 6) is 0.755. The number of hydrogen-bond donors (Lipinski definition) is 2. The quantitative estimate of drug-likeness (QED) is 0.582. The molecule has 2 aliphatic heterocycles. The van der Waals surface area contributed by atoms with Crippen LogP contribution in [0.1, 0.15) is 32.4 Å². The molecule has 0 spiro atoms. The number of halogens is 1. The van der Waals surface area contributed by atoms with Gasteiger partial charge < -0.3 is 15.5 Å². The fourth-order valence-electron chi connectivity index (χ4n) is 5.24. The average molecular weight is 464 g/mol. The second-order valence-corrected chi connectivity index (χ2v) is 9.68. The maximum Gasteiger partial charge on any atom is 0.154 e. The molecule has 8 heteroatoms. The van der Waals surface area contributed by atoms with E-state index in [2.05, 4.69) is 46.4 Å². The summed E-state index contributed by atoms with van der Waals surface area (Å²) in [5.41, 5.74) is 2.93. The van der Waals surface area contributed by atoms with Crippen LogP contribution in [-0.4, -0.2) is 64.0 Å². The van der Waals surface area contributed by atoms with Crippen LogP contribution in [0.2, 0.25) is 0 Å². The van der Waals surface area contributed by atoms with Crippen molar-refractivity contribution in [1.29, 1.82) is 0 Å². The molecular weight excluding hydrogens is 429 g/mol. The second-order valence-electron chi connectivity index (χ2n) is 9.68. The van der Waals surface area contributed by atoms with Gasteiger partial charge in [0.2, 0.25) is 0 Å². The number of hydrogen-bond acceptors (Lipinski definition) is 6. The van der Waals surface area contributed by atoms with E-state index in [1.54, 1.807) is 12.1 Å². The summed E-state index contributed by atoms with van der Waals surface area (Å²) in [4.78, 5) is 9.53. The first-order chi connectivity index (χ1) is 16.5. The summed E-state index contributed by atoms with van der Waals surface area (Å²) in [5, 5.41) is 12.0. The lowest BCUT2D eigenvalue weighted by Gasteiger charge is -2.35. The Hall–Kier alpha value is -2.97. The Morgan fingerprint density at radius 1 is 1.06 bits per heavy atom. The highest BCUT2D eigenvalue weighted by Gasteiger charge is 2.24. The van der Waals surface area contributed by atoms with Crippen LogP contribution in [0, 0.1) is 5.82 Å². The van der Waals surface area contributed by atoms with Gasteiger partial charge in [-0.1, -0.05) is 6.07 Å². The van der Waals surface area contributed by atoms with Crippen molar-refractivity contribution in [2.24, 2.45) is 0 Å². The molecule has 2 aromatic heterocycles. The van der Waals surface area contributed by atoms with Gasteiger partial charge in [-0.05, 0) is 63.1 Å². The Morgan fingerprint density at radius 3 is 2.62 bits per heavy atom. The molecule has 4 heterocycles. The van der Waals surface area contributed by atoms with Crippen LogP contribution >= 0.6 is 0 Å². The molecule has 34 heavy (non-hydrogen) atoms. The van der Waals surface area contributed by atoms with Crippen molar-refractivity contribution >= 4 is 11.5 Å². The molecule has 2 atom stereocenters. The molecule has 0 aliphatic carbocycles. The van der Waals surface area contributed by atoms with E-state index >= 15 is 0 Å². The van der Waals surface area contributed by atoms with Gasteiger partial charge in [0.05, 0.1) is 5.69 Å². The Bertz CT molecular complexity index is 1080. The fraction of sp³-hybridized carbons (Fsp3) is 0.462. The molecule has 0 bridgehead atoms. The summed E-state index contributed by atoms with van der Waals surface area (Å²) in [6, 6.07) is 14.2. The summed E-state index contributed by atoms with van der Waals surface area (Å²) in [6.45, 7) is 9.18. The van der Waals surface area contributed by atoms with Gasteiger partial charge in [0, 0.05) is 68.9 Å². The molecule has 2 fully saturated rings.